The summed E-state index contributed by atoms with van der Waals surface area (Å²) in [6, 6.07) is 5.63. The molecule has 0 atom stereocenters. The molecular weight excluding hydrogens is 198 g/mol. The average Bonchev–Trinajstić information content (AvgIpc) is 2.47. The quantitative estimate of drug-likeness (QED) is 0.807. The first-order valence-electron chi connectivity index (χ1n) is 4.42. The second-order valence-corrected chi connectivity index (χ2v) is 3.82. The van der Waals surface area contributed by atoms with Gasteiger partial charge in [-0.15, -0.1) is 0 Å². The second kappa shape index (κ2) is 3.46. The maximum Gasteiger partial charge on any atom is 0.134 e. The lowest BCUT2D eigenvalue weighted by atomic mass is 10.1. The third-order valence-electron chi connectivity index (χ3n) is 2.17. The largest absolute Gasteiger partial charge is 0.361 e. The van der Waals surface area contributed by atoms with E-state index in [0.29, 0.717) is 11.4 Å². The molecule has 1 aromatic carbocycles. The third-order valence-corrected chi connectivity index (χ3v) is 2.40. The first-order valence-corrected chi connectivity index (χ1v) is 4.79. The van der Waals surface area contributed by atoms with E-state index in [1.54, 1.807) is 6.92 Å². The van der Waals surface area contributed by atoms with E-state index in [2.05, 4.69) is 4.98 Å². The number of benzene rings is 1. The van der Waals surface area contributed by atoms with Crippen LogP contribution < -0.4 is 0 Å². The van der Waals surface area contributed by atoms with E-state index in [4.69, 9.17) is 11.6 Å². The summed E-state index contributed by atoms with van der Waals surface area (Å²) in [6.45, 7) is 1.59. The summed E-state index contributed by atoms with van der Waals surface area (Å²) in [5.41, 5.74) is 2.01. The van der Waals surface area contributed by atoms with Gasteiger partial charge in [0.25, 0.3) is 0 Å². The van der Waals surface area contributed by atoms with Gasteiger partial charge >= 0.3 is 0 Å². The van der Waals surface area contributed by atoms with E-state index >= 15 is 0 Å². The molecule has 2 aromatic rings. The van der Waals surface area contributed by atoms with Gasteiger partial charge in [-0.25, -0.2) is 0 Å². The van der Waals surface area contributed by atoms with Gasteiger partial charge in [-0.2, -0.15) is 0 Å². The summed E-state index contributed by atoms with van der Waals surface area (Å²) < 4.78 is 0. The highest BCUT2D eigenvalue weighted by Crippen LogP contribution is 2.22. The minimum atomic E-state index is 0.167. The van der Waals surface area contributed by atoms with Crippen LogP contribution in [0.5, 0.6) is 0 Å². The molecule has 0 fully saturated rings. The fourth-order valence-corrected chi connectivity index (χ4v) is 1.75. The molecule has 0 saturated heterocycles. The Morgan fingerprint density at radius 3 is 3.00 bits per heavy atom. The van der Waals surface area contributed by atoms with E-state index < -0.39 is 0 Å². The van der Waals surface area contributed by atoms with E-state index in [-0.39, 0.29) is 5.78 Å². The van der Waals surface area contributed by atoms with Crippen LogP contribution in [0, 0.1) is 0 Å². The average molecular weight is 208 g/mol. The lowest BCUT2D eigenvalue weighted by molar-refractivity contribution is -0.116. The molecule has 0 bridgehead atoms. The Bertz CT molecular complexity index is 487. The van der Waals surface area contributed by atoms with Crippen LogP contribution in [0.15, 0.2) is 24.4 Å². The number of H-pyrrole nitrogens is 1. The highest BCUT2D eigenvalue weighted by Gasteiger charge is 2.05. The number of rotatable bonds is 2. The number of hydrogen-bond donors (Lipinski definition) is 1. The van der Waals surface area contributed by atoms with Crippen molar-refractivity contribution in [2.24, 2.45) is 0 Å². The van der Waals surface area contributed by atoms with Gasteiger partial charge in [0.1, 0.15) is 5.78 Å². The van der Waals surface area contributed by atoms with Crippen LogP contribution in [0.25, 0.3) is 10.9 Å². The zero-order chi connectivity index (χ0) is 10.1. The third kappa shape index (κ3) is 1.66. The number of carbonyl (C=O) groups is 1. The summed E-state index contributed by atoms with van der Waals surface area (Å²) in [5, 5.41) is 1.78. The molecule has 3 heteroatoms. The molecule has 1 N–H and O–H groups in total. The fourth-order valence-electron chi connectivity index (χ4n) is 1.57. The Hall–Kier alpha value is -1.28. The van der Waals surface area contributed by atoms with Crippen LogP contribution in [0.3, 0.4) is 0 Å². The smallest absolute Gasteiger partial charge is 0.134 e. The monoisotopic (exact) mass is 207 g/mol. The van der Waals surface area contributed by atoms with Crippen molar-refractivity contribution in [1.29, 1.82) is 0 Å². The number of hydrogen-bond acceptors (Lipinski definition) is 1. The van der Waals surface area contributed by atoms with Gasteiger partial charge in [-0.1, -0.05) is 17.7 Å². The molecule has 0 unspecified atom stereocenters. The van der Waals surface area contributed by atoms with Crippen molar-refractivity contribution < 1.29 is 4.79 Å². The number of aromatic amines is 1. The normalized spacial score (nSPS) is 10.7. The van der Waals surface area contributed by atoms with Crippen molar-refractivity contribution in [3.63, 3.8) is 0 Å². The van der Waals surface area contributed by atoms with E-state index in [9.17, 15) is 4.79 Å². The number of Topliss-reactive ketones (excluding diaryl/α,β-unsaturated/α-hetero) is 1. The van der Waals surface area contributed by atoms with Crippen molar-refractivity contribution in [3.05, 3.63) is 35.0 Å². The summed E-state index contributed by atoms with van der Waals surface area (Å²) in [6.07, 6.45) is 2.34. The molecule has 14 heavy (non-hydrogen) atoms. The summed E-state index contributed by atoms with van der Waals surface area (Å²) in [5.74, 6) is 0.167. The molecule has 1 heterocycles. The SMILES string of the molecule is CC(=O)Cc1c[nH]c2cc(Cl)ccc12. The van der Waals surface area contributed by atoms with E-state index in [1.165, 1.54) is 0 Å². The maximum absolute atomic E-state index is 11.0. The first kappa shape index (κ1) is 9.28. The van der Waals surface area contributed by atoms with Crippen LogP contribution in [0.4, 0.5) is 0 Å². The first-order chi connectivity index (χ1) is 6.66. The molecule has 0 radical (unpaired) electrons. The van der Waals surface area contributed by atoms with Crippen LogP contribution in [0.2, 0.25) is 5.02 Å². The number of carbonyl (C=O) groups excluding carboxylic acids is 1. The van der Waals surface area contributed by atoms with Gasteiger partial charge in [-0.3, -0.25) is 4.79 Å². The van der Waals surface area contributed by atoms with Crippen LogP contribution in [-0.4, -0.2) is 10.8 Å². The zero-order valence-corrected chi connectivity index (χ0v) is 8.56. The standard InChI is InChI=1S/C11H10ClNO/c1-7(14)4-8-6-13-11-5-9(12)2-3-10(8)11/h2-3,5-6,13H,4H2,1H3. The minimum absolute atomic E-state index is 0.167. The maximum atomic E-state index is 11.0. The lowest BCUT2D eigenvalue weighted by Crippen LogP contribution is -1.94. The predicted octanol–water partition coefficient (Wildman–Crippen LogP) is 2.95. The van der Waals surface area contributed by atoms with E-state index in [1.807, 2.05) is 24.4 Å². The van der Waals surface area contributed by atoms with Crippen molar-refractivity contribution in [1.82, 2.24) is 4.98 Å². The number of ketones is 1. The highest BCUT2D eigenvalue weighted by molar-refractivity contribution is 6.31. The predicted molar refractivity (Wildman–Crippen MR) is 57.7 cm³/mol. The number of aromatic nitrogens is 1. The Kier molecular flexibility index (Phi) is 2.30. The Morgan fingerprint density at radius 2 is 2.29 bits per heavy atom. The molecule has 0 aliphatic carbocycles. The molecule has 2 nitrogen and oxygen atoms in total. The Balaban J connectivity index is 2.52. The summed E-state index contributed by atoms with van der Waals surface area (Å²) in [7, 11) is 0. The van der Waals surface area contributed by atoms with Gasteiger partial charge in [-0.05, 0) is 24.6 Å². The number of nitrogens with one attached hydrogen (secondary N) is 1. The van der Waals surface area contributed by atoms with Gasteiger partial charge in [0.15, 0.2) is 0 Å². The number of fused-ring (bicyclic) bond motifs is 1. The molecule has 0 saturated carbocycles. The Labute approximate surface area is 86.9 Å². The highest BCUT2D eigenvalue weighted by atomic mass is 35.5. The van der Waals surface area contributed by atoms with Crippen LogP contribution in [0.1, 0.15) is 12.5 Å². The van der Waals surface area contributed by atoms with Crippen LogP contribution >= 0.6 is 11.6 Å². The topological polar surface area (TPSA) is 32.9 Å². The van der Waals surface area contributed by atoms with Gasteiger partial charge in [0.05, 0.1) is 0 Å². The molecular formula is C11H10ClNO. The van der Waals surface area contributed by atoms with Gasteiger partial charge < -0.3 is 4.98 Å². The van der Waals surface area contributed by atoms with Crippen molar-refractivity contribution in [2.45, 2.75) is 13.3 Å². The molecule has 1 aromatic heterocycles. The molecule has 0 aliphatic rings. The lowest BCUT2D eigenvalue weighted by Gasteiger charge is -1.95. The van der Waals surface area contributed by atoms with Crippen LogP contribution in [-0.2, 0) is 11.2 Å². The van der Waals surface area contributed by atoms with E-state index in [0.717, 1.165) is 16.5 Å². The van der Waals surface area contributed by atoms with Gasteiger partial charge in [0, 0.05) is 28.5 Å². The van der Waals surface area contributed by atoms with Crippen molar-refractivity contribution in [3.8, 4) is 0 Å². The number of halogens is 1. The molecule has 0 aliphatic heterocycles. The summed E-state index contributed by atoms with van der Waals surface area (Å²) >= 11 is 5.85. The minimum Gasteiger partial charge on any atom is -0.361 e. The zero-order valence-electron chi connectivity index (χ0n) is 7.80. The van der Waals surface area contributed by atoms with Crippen molar-refractivity contribution in [2.75, 3.05) is 0 Å². The summed E-state index contributed by atoms with van der Waals surface area (Å²) in [4.78, 5) is 14.1. The molecule has 2 rings (SSSR count). The molecule has 0 amide bonds. The molecule has 0 spiro atoms. The Morgan fingerprint density at radius 1 is 1.50 bits per heavy atom. The fraction of sp³-hybridized carbons (Fsp3) is 0.182. The molecule has 72 valence electrons. The van der Waals surface area contributed by atoms with Crippen molar-refractivity contribution >= 4 is 28.3 Å². The second-order valence-electron chi connectivity index (χ2n) is 3.38. The van der Waals surface area contributed by atoms with Gasteiger partial charge in [0.2, 0.25) is 0 Å².